The van der Waals surface area contributed by atoms with Crippen LogP contribution in [0.25, 0.3) is 0 Å². The molecule has 0 unspecified atom stereocenters. The van der Waals surface area contributed by atoms with Crippen LogP contribution in [-0.4, -0.2) is 61.3 Å². The number of rotatable bonds is 4. The fourth-order valence-corrected chi connectivity index (χ4v) is 3.55. The van der Waals surface area contributed by atoms with E-state index in [0.717, 1.165) is 63.0 Å². The summed E-state index contributed by atoms with van der Waals surface area (Å²) in [4.78, 5) is 13.9. The van der Waals surface area contributed by atoms with E-state index in [4.69, 9.17) is 9.47 Å². The number of para-hydroxylation sites is 1. The summed E-state index contributed by atoms with van der Waals surface area (Å²) in [5.41, 5.74) is 3.41. The molecule has 0 atom stereocenters. The number of fused-ring (bicyclic) bond motifs is 2. The molecule has 0 radical (unpaired) electrons. The predicted octanol–water partition coefficient (Wildman–Crippen LogP) is 1.73. The lowest BCUT2D eigenvalue weighted by Gasteiger charge is -2.36. The number of hydrogen-bond donors (Lipinski definition) is 0. The Balaban J connectivity index is 1.55. The topological polar surface area (TPSA) is 50.7 Å². The van der Waals surface area contributed by atoms with Gasteiger partial charge in [-0.3, -0.25) is 4.90 Å². The first-order valence-electron chi connectivity index (χ1n) is 8.85. The number of piperazine rings is 1. The molecule has 25 heavy (non-hydrogen) atoms. The summed E-state index contributed by atoms with van der Waals surface area (Å²) in [6.07, 6.45) is 2.50. The molecule has 4 rings (SSSR count). The van der Waals surface area contributed by atoms with Crippen molar-refractivity contribution in [1.29, 1.82) is 0 Å². The molecular formula is C19H24N4O2. The molecule has 0 bridgehead atoms. The van der Waals surface area contributed by atoms with Crippen molar-refractivity contribution in [2.75, 3.05) is 51.3 Å². The summed E-state index contributed by atoms with van der Waals surface area (Å²) in [5, 5.41) is 0. The maximum Gasteiger partial charge on any atom is 0.135 e. The molecule has 1 aromatic heterocycles. The SMILES string of the molecule is COCCN1CCN(c2ncnc3c2Cc2ccccc2OC3)CC1. The third-order valence-electron chi connectivity index (χ3n) is 5.00. The highest BCUT2D eigenvalue weighted by molar-refractivity contribution is 5.53. The van der Waals surface area contributed by atoms with Gasteiger partial charge in [0, 0.05) is 51.8 Å². The van der Waals surface area contributed by atoms with Gasteiger partial charge in [-0.15, -0.1) is 0 Å². The van der Waals surface area contributed by atoms with Crippen molar-refractivity contribution in [2.45, 2.75) is 13.0 Å². The van der Waals surface area contributed by atoms with E-state index in [1.165, 1.54) is 11.1 Å². The summed E-state index contributed by atoms with van der Waals surface area (Å²) in [7, 11) is 1.76. The van der Waals surface area contributed by atoms with Crippen LogP contribution in [-0.2, 0) is 17.8 Å². The minimum atomic E-state index is 0.510. The molecule has 1 aromatic carbocycles. The second-order valence-electron chi connectivity index (χ2n) is 6.52. The van der Waals surface area contributed by atoms with E-state index < -0.39 is 0 Å². The van der Waals surface area contributed by atoms with E-state index in [1.54, 1.807) is 13.4 Å². The Kier molecular flexibility index (Phi) is 4.81. The molecule has 1 fully saturated rings. The summed E-state index contributed by atoms with van der Waals surface area (Å²) in [6.45, 7) is 6.33. The zero-order valence-electron chi connectivity index (χ0n) is 14.6. The highest BCUT2D eigenvalue weighted by Crippen LogP contribution is 2.31. The van der Waals surface area contributed by atoms with Gasteiger partial charge in [-0.1, -0.05) is 18.2 Å². The van der Waals surface area contributed by atoms with Crippen LogP contribution in [0.15, 0.2) is 30.6 Å². The fourth-order valence-electron chi connectivity index (χ4n) is 3.55. The van der Waals surface area contributed by atoms with Crippen molar-refractivity contribution in [3.8, 4) is 5.75 Å². The molecule has 132 valence electrons. The van der Waals surface area contributed by atoms with E-state index in [9.17, 15) is 0 Å². The number of ether oxygens (including phenoxy) is 2. The Labute approximate surface area is 148 Å². The number of benzene rings is 1. The number of aromatic nitrogens is 2. The molecular weight excluding hydrogens is 316 g/mol. The van der Waals surface area contributed by atoms with Gasteiger partial charge in [0.2, 0.25) is 0 Å². The smallest absolute Gasteiger partial charge is 0.135 e. The van der Waals surface area contributed by atoms with E-state index in [1.807, 2.05) is 12.1 Å². The van der Waals surface area contributed by atoms with Gasteiger partial charge in [-0.2, -0.15) is 0 Å². The minimum absolute atomic E-state index is 0.510. The van der Waals surface area contributed by atoms with Crippen LogP contribution in [0.1, 0.15) is 16.8 Å². The summed E-state index contributed by atoms with van der Waals surface area (Å²) in [5.74, 6) is 2.02. The maximum atomic E-state index is 5.95. The van der Waals surface area contributed by atoms with Gasteiger partial charge in [0.15, 0.2) is 0 Å². The summed E-state index contributed by atoms with van der Waals surface area (Å²) in [6, 6.07) is 8.23. The van der Waals surface area contributed by atoms with Crippen molar-refractivity contribution < 1.29 is 9.47 Å². The molecule has 2 aliphatic heterocycles. The van der Waals surface area contributed by atoms with Crippen LogP contribution in [0.3, 0.4) is 0 Å². The van der Waals surface area contributed by atoms with Gasteiger partial charge in [0.25, 0.3) is 0 Å². The Hall–Kier alpha value is -2.18. The van der Waals surface area contributed by atoms with Crippen molar-refractivity contribution in [2.24, 2.45) is 0 Å². The molecule has 1 saturated heterocycles. The third kappa shape index (κ3) is 3.45. The Morgan fingerprint density at radius 3 is 2.80 bits per heavy atom. The van der Waals surface area contributed by atoms with Gasteiger partial charge < -0.3 is 14.4 Å². The first-order chi connectivity index (χ1) is 12.3. The van der Waals surface area contributed by atoms with Gasteiger partial charge in [0.1, 0.15) is 24.5 Å². The van der Waals surface area contributed by atoms with Crippen LogP contribution in [0.2, 0.25) is 0 Å². The van der Waals surface area contributed by atoms with Gasteiger partial charge in [0.05, 0.1) is 12.3 Å². The lowest BCUT2D eigenvalue weighted by Crippen LogP contribution is -2.48. The lowest BCUT2D eigenvalue weighted by molar-refractivity contribution is 0.144. The van der Waals surface area contributed by atoms with E-state index in [-0.39, 0.29) is 0 Å². The highest BCUT2D eigenvalue weighted by Gasteiger charge is 2.24. The van der Waals surface area contributed by atoms with Crippen LogP contribution in [0.5, 0.6) is 5.75 Å². The minimum Gasteiger partial charge on any atom is -0.487 e. The largest absolute Gasteiger partial charge is 0.487 e. The standard InChI is InChI=1S/C19H24N4O2/c1-24-11-10-22-6-8-23(9-7-22)19-16-12-15-4-2-3-5-18(15)25-13-17(16)20-14-21-19/h2-5,14H,6-13H2,1H3. The summed E-state index contributed by atoms with van der Waals surface area (Å²) < 4.78 is 11.1. The Morgan fingerprint density at radius 2 is 1.96 bits per heavy atom. The first kappa shape index (κ1) is 16.3. The second-order valence-corrected chi connectivity index (χ2v) is 6.52. The number of anilines is 1. The monoisotopic (exact) mass is 340 g/mol. The number of methoxy groups -OCH3 is 1. The van der Waals surface area contributed by atoms with Crippen LogP contribution >= 0.6 is 0 Å². The van der Waals surface area contributed by atoms with E-state index >= 15 is 0 Å². The first-order valence-corrected chi connectivity index (χ1v) is 8.85. The summed E-state index contributed by atoms with van der Waals surface area (Å²) >= 11 is 0. The zero-order valence-corrected chi connectivity index (χ0v) is 14.6. The van der Waals surface area contributed by atoms with Gasteiger partial charge >= 0.3 is 0 Å². The number of hydrogen-bond acceptors (Lipinski definition) is 6. The number of nitrogens with zero attached hydrogens (tertiary/aromatic N) is 4. The third-order valence-corrected chi connectivity index (χ3v) is 5.00. The van der Waals surface area contributed by atoms with E-state index in [0.29, 0.717) is 6.61 Å². The highest BCUT2D eigenvalue weighted by atomic mass is 16.5. The van der Waals surface area contributed by atoms with Crippen LogP contribution in [0, 0.1) is 0 Å². The van der Waals surface area contributed by atoms with E-state index in [2.05, 4.69) is 31.9 Å². The average molecular weight is 340 g/mol. The van der Waals surface area contributed by atoms with Crippen molar-refractivity contribution in [1.82, 2.24) is 14.9 Å². The van der Waals surface area contributed by atoms with Gasteiger partial charge in [-0.05, 0) is 11.6 Å². The molecule has 6 nitrogen and oxygen atoms in total. The Bertz CT molecular complexity index is 729. The molecule has 0 N–H and O–H groups in total. The van der Waals surface area contributed by atoms with Crippen molar-refractivity contribution in [3.05, 3.63) is 47.4 Å². The quantitative estimate of drug-likeness (QED) is 0.845. The molecule has 2 aromatic rings. The van der Waals surface area contributed by atoms with Crippen molar-refractivity contribution in [3.63, 3.8) is 0 Å². The second kappa shape index (κ2) is 7.37. The van der Waals surface area contributed by atoms with Crippen LogP contribution < -0.4 is 9.64 Å². The predicted molar refractivity (Wildman–Crippen MR) is 96.1 cm³/mol. The molecule has 3 heterocycles. The average Bonchev–Trinajstić information content (AvgIpc) is 2.86. The molecule has 6 heteroatoms. The zero-order chi connectivity index (χ0) is 17.1. The molecule has 0 spiro atoms. The fraction of sp³-hybridized carbons (Fsp3) is 0.474. The van der Waals surface area contributed by atoms with Crippen LogP contribution in [0.4, 0.5) is 5.82 Å². The normalized spacial score (nSPS) is 17.4. The molecule has 0 amide bonds. The molecule has 2 aliphatic rings. The molecule has 0 aliphatic carbocycles. The molecule has 0 saturated carbocycles. The Morgan fingerprint density at radius 1 is 1.12 bits per heavy atom. The lowest BCUT2D eigenvalue weighted by atomic mass is 10.0. The van der Waals surface area contributed by atoms with Crippen molar-refractivity contribution >= 4 is 5.82 Å². The maximum absolute atomic E-state index is 5.95. The van der Waals surface area contributed by atoms with Gasteiger partial charge in [-0.25, -0.2) is 9.97 Å².